The summed E-state index contributed by atoms with van der Waals surface area (Å²) < 4.78 is 8.42. The molecule has 0 atom stereocenters. The van der Waals surface area contributed by atoms with Crippen LogP contribution in [0.25, 0.3) is 28.3 Å². The summed E-state index contributed by atoms with van der Waals surface area (Å²) in [4.78, 5) is 2.17. The van der Waals surface area contributed by atoms with Crippen LogP contribution in [0.15, 0.2) is 89.0 Å². The molecule has 0 fully saturated rings. The lowest BCUT2D eigenvalue weighted by molar-refractivity contribution is -0.674. The SMILES string of the molecule is CC[n+]1c(/C=C(\C)N(C)c2ccccc2)oc2ccc(-c3ccccc3)cc21. The Kier molecular flexibility index (Phi) is 4.98. The molecule has 3 heteroatoms. The first-order chi connectivity index (χ1) is 13.7. The topological polar surface area (TPSA) is 20.3 Å². The lowest BCUT2D eigenvalue weighted by atomic mass is 10.1. The molecule has 0 saturated heterocycles. The number of hydrogen-bond donors (Lipinski definition) is 0. The van der Waals surface area contributed by atoms with Crippen LogP contribution in [0.1, 0.15) is 19.7 Å². The molecule has 0 bridgehead atoms. The number of aromatic nitrogens is 1. The second-order valence-electron chi connectivity index (χ2n) is 6.91. The lowest BCUT2D eigenvalue weighted by Crippen LogP contribution is -2.34. The summed E-state index contributed by atoms with van der Waals surface area (Å²) in [6, 6.07) is 27.2. The Hall–Kier alpha value is -3.33. The molecular formula is C25H25N2O+. The molecule has 3 nitrogen and oxygen atoms in total. The van der Waals surface area contributed by atoms with E-state index in [1.165, 1.54) is 11.1 Å². The molecule has 0 N–H and O–H groups in total. The highest BCUT2D eigenvalue weighted by Gasteiger charge is 2.21. The van der Waals surface area contributed by atoms with E-state index in [4.69, 9.17) is 4.42 Å². The number of benzene rings is 3. The molecule has 28 heavy (non-hydrogen) atoms. The van der Waals surface area contributed by atoms with Gasteiger partial charge in [0.2, 0.25) is 5.58 Å². The maximum Gasteiger partial charge on any atom is 0.375 e. The Labute approximate surface area is 166 Å². The van der Waals surface area contributed by atoms with Gasteiger partial charge in [0.1, 0.15) is 6.54 Å². The fourth-order valence-electron chi connectivity index (χ4n) is 3.48. The predicted molar refractivity (Wildman–Crippen MR) is 116 cm³/mol. The number of fused-ring (bicyclic) bond motifs is 1. The van der Waals surface area contributed by atoms with Crippen molar-refractivity contribution in [1.82, 2.24) is 0 Å². The minimum absolute atomic E-state index is 0.847. The van der Waals surface area contributed by atoms with Gasteiger partial charge in [-0.25, -0.2) is 0 Å². The smallest absolute Gasteiger partial charge is 0.375 e. The number of nitrogens with zero attached hydrogens (tertiary/aromatic N) is 2. The van der Waals surface area contributed by atoms with Gasteiger partial charge in [0.25, 0.3) is 5.52 Å². The van der Waals surface area contributed by atoms with E-state index in [9.17, 15) is 0 Å². The van der Waals surface area contributed by atoms with Crippen molar-refractivity contribution in [2.45, 2.75) is 20.4 Å². The van der Waals surface area contributed by atoms with Crippen molar-refractivity contribution < 1.29 is 8.98 Å². The Bertz CT molecular complexity index is 1110. The van der Waals surface area contributed by atoms with Crippen molar-refractivity contribution in [3.63, 3.8) is 0 Å². The van der Waals surface area contributed by atoms with Crippen LogP contribution >= 0.6 is 0 Å². The van der Waals surface area contributed by atoms with Crippen LogP contribution in [-0.4, -0.2) is 7.05 Å². The van der Waals surface area contributed by atoms with Crippen LogP contribution in [0.2, 0.25) is 0 Å². The van der Waals surface area contributed by atoms with Crippen molar-refractivity contribution in [1.29, 1.82) is 0 Å². The van der Waals surface area contributed by atoms with Gasteiger partial charge in [-0.2, -0.15) is 4.57 Å². The molecule has 0 aliphatic heterocycles. The molecule has 0 saturated carbocycles. The average molecular weight is 369 g/mol. The molecule has 0 amide bonds. The quantitative estimate of drug-likeness (QED) is 0.408. The molecule has 1 heterocycles. The summed E-state index contributed by atoms with van der Waals surface area (Å²) in [7, 11) is 2.08. The zero-order valence-electron chi connectivity index (χ0n) is 16.6. The Morgan fingerprint density at radius 2 is 1.61 bits per heavy atom. The number of aryl methyl sites for hydroxylation is 1. The highest BCUT2D eigenvalue weighted by atomic mass is 16.3. The Balaban J connectivity index is 1.75. The normalized spacial score (nSPS) is 11.8. The van der Waals surface area contributed by atoms with Crippen LogP contribution in [0.5, 0.6) is 0 Å². The minimum atomic E-state index is 0.847. The van der Waals surface area contributed by atoms with E-state index in [2.05, 4.69) is 103 Å². The van der Waals surface area contributed by atoms with Gasteiger partial charge in [0.15, 0.2) is 0 Å². The number of allylic oxidation sites excluding steroid dienone is 1. The van der Waals surface area contributed by atoms with Crippen molar-refractivity contribution in [2.75, 3.05) is 11.9 Å². The Morgan fingerprint density at radius 3 is 2.29 bits per heavy atom. The summed E-state index contributed by atoms with van der Waals surface area (Å²) in [5, 5.41) is 0. The van der Waals surface area contributed by atoms with Crippen molar-refractivity contribution in [2.24, 2.45) is 0 Å². The Morgan fingerprint density at radius 1 is 0.929 bits per heavy atom. The van der Waals surface area contributed by atoms with Crippen LogP contribution in [0.4, 0.5) is 5.69 Å². The number of rotatable bonds is 5. The van der Waals surface area contributed by atoms with E-state index in [1.54, 1.807) is 0 Å². The number of oxazole rings is 1. The highest BCUT2D eigenvalue weighted by molar-refractivity contribution is 5.78. The van der Waals surface area contributed by atoms with Gasteiger partial charge in [-0.1, -0.05) is 54.6 Å². The summed E-state index contributed by atoms with van der Waals surface area (Å²) >= 11 is 0. The van der Waals surface area contributed by atoms with Crippen LogP contribution < -0.4 is 9.47 Å². The molecule has 4 aromatic rings. The van der Waals surface area contributed by atoms with Crippen molar-refractivity contribution >= 4 is 22.9 Å². The third-order valence-corrected chi connectivity index (χ3v) is 5.16. The fourth-order valence-corrected chi connectivity index (χ4v) is 3.48. The first kappa shape index (κ1) is 18.1. The maximum absolute atomic E-state index is 6.20. The van der Waals surface area contributed by atoms with Crippen LogP contribution in [-0.2, 0) is 6.54 Å². The molecule has 0 aliphatic rings. The minimum Gasteiger partial charge on any atom is -0.398 e. The largest absolute Gasteiger partial charge is 0.398 e. The van der Waals surface area contributed by atoms with Crippen LogP contribution in [0, 0.1) is 0 Å². The van der Waals surface area contributed by atoms with E-state index >= 15 is 0 Å². The van der Waals surface area contributed by atoms with Gasteiger partial charge >= 0.3 is 5.89 Å². The second kappa shape index (κ2) is 7.73. The third-order valence-electron chi connectivity index (χ3n) is 5.16. The van der Waals surface area contributed by atoms with E-state index in [0.717, 1.165) is 34.9 Å². The molecule has 0 radical (unpaired) electrons. The van der Waals surface area contributed by atoms with E-state index in [0.29, 0.717) is 0 Å². The summed E-state index contributed by atoms with van der Waals surface area (Å²) in [6.45, 7) is 5.10. The van der Waals surface area contributed by atoms with Gasteiger partial charge in [-0.15, -0.1) is 0 Å². The summed E-state index contributed by atoms with van der Waals surface area (Å²) in [5.74, 6) is 0.864. The summed E-state index contributed by atoms with van der Waals surface area (Å²) in [6.07, 6.45) is 2.11. The molecule has 0 spiro atoms. The zero-order valence-corrected chi connectivity index (χ0v) is 16.6. The second-order valence-corrected chi connectivity index (χ2v) is 6.91. The number of anilines is 1. The standard InChI is InChI=1S/C25H25N2O/c1-4-27-23-18-21(20-11-7-5-8-12-20)15-16-24(23)28-25(27)17-19(2)26(3)22-13-9-6-10-14-22/h5-18H,4H2,1-3H3/q+1. The molecule has 0 unspecified atom stereocenters. The van der Waals surface area contributed by atoms with E-state index in [1.807, 2.05) is 12.1 Å². The van der Waals surface area contributed by atoms with Crippen molar-refractivity contribution in [3.05, 3.63) is 90.5 Å². The zero-order chi connectivity index (χ0) is 19.5. The predicted octanol–water partition coefficient (Wildman–Crippen LogP) is 5.90. The maximum atomic E-state index is 6.20. The average Bonchev–Trinajstić information content (AvgIpc) is 3.10. The molecule has 0 aliphatic carbocycles. The monoisotopic (exact) mass is 369 g/mol. The molecule has 1 aromatic heterocycles. The number of hydrogen-bond acceptors (Lipinski definition) is 2. The van der Waals surface area contributed by atoms with E-state index < -0.39 is 0 Å². The molecule has 3 aromatic carbocycles. The summed E-state index contributed by atoms with van der Waals surface area (Å²) in [5.41, 5.74) is 6.71. The lowest BCUT2D eigenvalue weighted by Gasteiger charge is -2.19. The van der Waals surface area contributed by atoms with E-state index in [-0.39, 0.29) is 0 Å². The van der Waals surface area contributed by atoms with Gasteiger partial charge in [0, 0.05) is 24.5 Å². The van der Waals surface area contributed by atoms with Gasteiger partial charge in [-0.05, 0) is 43.2 Å². The first-order valence-electron chi connectivity index (χ1n) is 9.66. The number of para-hydroxylation sites is 1. The van der Waals surface area contributed by atoms with Gasteiger partial charge in [-0.3, -0.25) is 0 Å². The molecule has 140 valence electrons. The molecular weight excluding hydrogens is 344 g/mol. The third kappa shape index (κ3) is 3.44. The first-order valence-corrected chi connectivity index (χ1v) is 9.66. The van der Waals surface area contributed by atoms with Gasteiger partial charge < -0.3 is 9.32 Å². The molecule has 4 rings (SSSR count). The fraction of sp³-hybridized carbons (Fsp3) is 0.160. The van der Waals surface area contributed by atoms with Crippen LogP contribution in [0.3, 0.4) is 0 Å². The van der Waals surface area contributed by atoms with Gasteiger partial charge in [0.05, 0.1) is 6.08 Å². The highest BCUT2D eigenvalue weighted by Crippen LogP contribution is 2.25. The van der Waals surface area contributed by atoms with Crippen molar-refractivity contribution in [3.8, 4) is 11.1 Å².